The van der Waals surface area contributed by atoms with Crippen molar-refractivity contribution in [2.75, 3.05) is 41.3 Å². The lowest BCUT2D eigenvalue weighted by atomic mass is 9.93. The van der Waals surface area contributed by atoms with E-state index in [1.54, 1.807) is 11.0 Å². The summed E-state index contributed by atoms with van der Waals surface area (Å²) in [6.07, 6.45) is 4.42. The number of amides is 1. The van der Waals surface area contributed by atoms with Gasteiger partial charge in [0.15, 0.2) is 0 Å². The molecule has 2 saturated heterocycles. The number of halogens is 3. The second-order valence-electron chi connectivity index (χ2n) is 9.69. The normalized spacial score (nSPS) is 19.4. The highest BCUT2D eigenvalue weighted by Crippen LogP contribution is 2.54. The van der Waals surface area contributed by atoms with Crippen LogP contribution in [0.15, 0.2) is 35.9 Å². The standard InChI is InChI=1S/C25H28F2IN5O/c1-16-13-21(31-24(29-16)33-10-2-3-17(15-33)22(26)27)30-23(34)19-5-4-18(28)14-20(19)32-11-8-25(6-7-25)9-12-32/h4-5,13-14H,2-3,6-12,15H2,1H3,(H,29,30,31,34). The molecule has 1 spiro atoms. The molecule has 180 valence electrons. The maximum atomic E-state index is 13.3. The third kappa shape index (κ3) is 5.04. The minimum atomic E-state index is -1.62. The molecule has 0 radical (unpaired) electrons. The minimum absolute atomic E-state index is 0.108. The Morgan fingerprint density at radius 3 is 2.53 bits per heavy atom. The van der Waals surface area contributed by atoms with Gasteiger partial charge < -0.3 is 15.1 Å². The number of aryl methyl sites for hydroxylation is 1. The van der Waals surface area contributed by atoms with E-state index in [0.717, 1.165) is 22.3 Å². The summed E-state index contributed by atoms with van der Waals surface area (Å²) in [5, 5.41) is 2.93. The van der Waals surface area contributed by atoms with E-state index >= 15 is 0 Å². The Hall–Kier alpha value is -2.30. The smallest absolute Gasteiger partial charge is 0.271 e. The van der Waals surface area contributed by atoms with Crippen molar-refractivity contribution in [2.24, 2.45) is 5.41 Å². The molecule has 0 atom stereocenters. The number of hydrogen-bond acceptors (Lipinski definition) is 5. The summed E-state index contributed by atoms with van der Waals surface area (Å²) in [5.41, 5.74) is 2.93. The lowest BCUT2D eigenvalue weighted by molar-refractivity contribution is 0.102. The number of anilines is 3. The number of benzene rings is 1. The van der Waals surface area contributed by atoms with E-state index in [2.05, 4.69) is 48.8 Å². The van der Waals surface area contributed by atoms with Crippen LogP contribution in [-0.2, 0) is 0 Å². The number of hydrogen-bond donors (Lipinski definition) is 1. The molecule has 6 nitrogen and oxygen atoms in total. The van der Waals surface area contributed by atoms with Gasteiger partial charge in [0, 0.05) is 47.1 Å². The predicted molar refractivity (Wildman–Crippen MR) is 138 cm³/mol. The van der Waals surface area contributed by atoms with Gasteiger partial charge in [-0.2, -0.15) is 13.8 Å². The molecule has 3 aliphatic rings. The summed E-state index contributed by atoms with van der Waals surface area (Å²) in [7, 11) is 0. The highest BCUT2D eigenvalue weighted by atomic mass is 127. The maximum absolute atomic E-state index is 13.3. The molecule has 1 saturated carbocycles. The van der Waals surface area contributed by atoms with Crippen LogP contribution in [0.25, 0.3) is 0 Å². The molecule has 5 rings (SSSR count). The number of carbonyl (C=O) groups excluding carboxylic acids is 1. The fourth-order valence-corrected chi connectivity index (χ4v) is 5.47. The summed E-state index contributed by atoms with van der Waals surface area (Å²) in [6.45, 7) is 4.46. The fraction of sp³-hybridized carbons (Fsp3) is 0.480. The maximum Gasteiger partial charge on any atom is 0.271 e. The van der Waals surface area contributed by atoms with E-state index in [4.69, 9.17) is 0 Å². The van der Waals surface area contributed by atoms with Gasteiger partial charge >= 0.3 is 0 Å². The summed E-state index contributed by atoms with van der Waals surface area (Å²) >= 11 is 2.28. The number of rotatable bonds is 4. The van der Waals surface area contributed by atoms with E-state index in [-0.39, 0.29) is 18.0 Å². The molecule has 0 unspecified atom stereocenters. The molecule has 3 heterocycles. The first-order valence-electron chi connectivity index (χ1n) is 11.8. The highest BCUT2D eigenvalue weighted by molar-refractivity contribution is 14.1. The lowest BCUT2D eigenvalue weighted by Gasteiger charge is -2.35. The van der Waals surface area contributed by atoms with Gasteiger partial charge in [-0.05, 0) is 91.7 Å². The van der Waals surface area contributed by atoms with Gasteiger partial charge in [0.2, 0.25) is 5.95 Å². The molecule has 2 aliphatic heterocycles. The van der Waals surface area contributed by atoms with Crippen LogP contribution < -0.4 is 15.1 Å². The highest BCUT2D eigenvalue weighted by Gasteiger charge is 2.44. The van der Waals surface area contributed by atoms with Crippen molar-refractivity contribution in [1.82, 2.24) is 9.97 Å². The van der Waals surface area contributed by atoms with Crippen LogP contribution in [0.5, 0.6) is 0 Å². The molecule has 1 amide bonds. The van der Waals surface area contributed by atoms with E-state index < -0.39 is 6.08 Å². The molecule has 0 bridgehead atoms. The Labute approximate surface area is 212 Å². The summed E-state index contributed by atoms with van der Waals surface area (Å²) in [5.74, 6) is 0.517. The van der Waals surface area contributed by atoms with E-state index in [0.29, 0.717) is 47.8 Å². The Bertz CT molecular complexity index is 1140. The third-order valence-corrected chi connectivity index (χ3v) is 7.92. The Kier molecular flexibility index (Phi) is 6.47. The van der Waals surface area contributed by atoms with Gasteiger partial charge in [0.05, 0.1) is 11.3 Å². The van der Waals surface area contributed by atoms with Crippen LogP contribution in [0, 0.1) is 15.9 Å². The van der Waals surface area contributed by atoms with Gasteiger partial charge in [-0.3, -0.25) is 4.79 Å². The molecule has 1 N–H and O–H groups in total. The van der Waals surface area contributed by atoms with Gasteiger partial charge in [-0.1, -0.05) is 0 Å². The SMILES string of the molecule is Cc1cc(NC(=O)c2ccc(I)cc2N2CCC3(CC2)CC3)nc(N2CCCC(=C(F)F)C2)n1. The first-order valence-corrected chi connectivity index (χ1v) is 12.9. The van der Waals surface area contributed by atoms with Crippen molar-refractivity contribution in [3.63, 3.8) is 0 Å². The van der Waals surface area contributed by atoms with Crippen LogP contribution in [0.2, 0.25) is 0 Å². The van der Waals surface area contributed by atoms with E-state index in [1.165, 1.54) is 25.7 Å². The lowest BCUT2D eigenvalue weighted by Crippen LogP contribution is -2.36. The van der Waals surface area contributed by atoms with Gasteiger partial charge in [0.1, 0.15) is 5.82 Å². The average molecular weight is 579 g/mol. The summed E-state index contributed by atoms with van der Waals surface area (Å²) < 4.78 is 27.4. The first-order chi connectivity index (χ1) is 16.3. The molecule has 1 aromatic carbocycles. The molecule has 3 fully saturated rings. The average Bonchev–Trinajstić information content (AvgIpc) is 3.57. The van der Waals surface area contributed by atoms with Crippen LogP contribution in [0.1, 0.15) is 54.6 Å². The van der Waals surface area contributed by atoms with Crippen molar-refractivity contribution in [1.29, 1.82) is 0 Å². The number of nitrogens with one attached hydrogen (secondary N) is 1. The Morgan fingerprint density at radius 2 is 1.82 bits per heavy atom. The zero-order valence-corrected chi connectivity index (χ0v) is 21.4. The van der Waals surface area contributed by atoms with Gasteiger partial charge in [-0.15, -0.1) is 0 Å². The number of nitrogens with zero attached hydrogens (tertiary/aromatic N) is 4. The topological polar surface area (TPSA) is 61.4 Å². The Balaban J connectivity index is 1.36. The molecule has 9 heteroatoms. The number of aromatic nitrogens is 2. The zero-order valence-electron chi connectivity index (χ0n) is 19.2. The van der Waals surface area contributed by atoms with E-state index in [9.17, 15) is 13.6 Å². The zero-order chi connectivity index (χ0) is 23.9. The quantitative estimate of drug-likeness (QED) is 0.466. The summed E-state index contributed by atoms with van der Waals surface area (Å²) in [4.78, 5) is 26.4. The predicted octanol–water partition coefficient (Wildman–Crippen LogP) is 5.77. The van der Waals surface area contributed by atoms with Crippen molar-refractivity contribution < 1.29 is 13.6 Å². The first kappa shape index (κ1) is 23.4. The van der Waals surface area contributed by atoms with Crippen LogP contribution in [0.4, 0.5) is 26.2 Å². The van der Waals surface area contributed by atoms with Gasteiger partial charge in [-0.25, -0.2) is 4.98 Å². The second kappa shape index (κ2) is 9.39. The Morgan fingerprint density at radius 1 is 1.06 bits per heavy atom. The monoisotopic (exact) mass is 579 g/mol. The molecule has 1 aromatic heterocycles. The van der Waals surface area contributed by atoms with Crippen molar-refractivity contribution in [2.45, 2.75) is 45.4 Å². The molecular formula is C25H28F2IN5O. The number of carbonyl (C=O) groups is 1. The van der Waals surface area contributed by atoms with Crippen molar-refractivity contribution in [3.8, 4) is 0 Å². The second-order valence-corrected chi connectivity index (χ2v) is 10.9. The van der Waals surface area contributed by atoms with Crippen LogP contribution >= 0.6 is 22.6 Å². The minimum Gasteiger partial charge on any atom is -0.371 e. The molecule has 1 aliphatic carbocycles. The largest absolute Gasteiger partial charge is 0.371 e. The van der Waals surface area contributed by atoms with Crippen LogP contribution in [0.3, 0.4) is 0 Å². The molecule has 2 aromatic rings. The van der Waals surface area contributed by atoms with Crippen LogP contribution in [-0.4, -0.2) is 42.1 Å². The molecule has 34 heavy (non-hydrogen) atoms. The van der Waals surface area contributed by atoms with Crippen molar-refractivity contribution in [3.05, 3.63) is 50.7 Å². The number of piperidine rings is 2. The van der Waals surface area contributed by atoms with Gasteiger partial charge in [0.25, 0.3) is 12.0 Å². The third-order valence-electron chi connectivity index (χ3n) is 7.25. The van der Waals surface area contributed by atoms with E-state index in [1.807, 2.05) is 19.1 Å². The fourth-order valence-electron chi connectivity index (χ4n) is 5.00. The van der Waals surface area contributed by atoms with Crippen molar-refractivity contribution >= 4 is 46.0 Å². The summed E-state index contributed by atoms with van der Waals surface area (Å²) in [6, 6.07) is 7.59. The molecular weight excluding hydrogens is 551 g/mol.